The summed E-state index contributed by atoms with van der Waals surface area (Å²) in [6, 6.07) is 0. The minimum atomic E-state index is -0.357. The first-order valence-corrected chi connectivity index (χ1v) is 2.56. The first-order chi connectivity index (χ1) is 3.31. The molecule has 0 saturated heterocycles. The molecule has 0 aromatic rings. The molecular weight excluding hydrogens is 117 g/mol. The Morgan fingerprint density at radius 2 is 2.43 bits per heavy atom. The highest BCUT2D eigenvalue weighted by Gasteiger charge is 1.93. The summed E-state index contributed by atoms with van der Waals surface area (Å²) >= 11 is 5.06. The lowest BCUT2D eigenvalue weighted by atomic mass is 10.9. The molecule has 0 aromatic heterocycles. The highest BCUT2D eigenvalue weighted by molar-refractivity contribution is 6.26. The van der Waals surface area contributed by atoms with Crippen molar-refractivity contribution in [3.8, 4) is 0 Å². The van der Waals surface area contributed by atoms with Crippen molar-refractivity contribution in [2.24, 2.45) is 0 Å². The fraction of sp³-hybridized carbons (Fsp3) is 0.750. The Hall–Kier alpha value is -0.240. The molecule has 3 heteroatoms. The second-order valence-electron chi connectivity index (χ2n) is 0.939. The Kier molecular flexibility index (Phi) is 3.80. The van der Waals surface area contributed by atoms with Crippen molar-refractivity contribution in [2.75, 3.05) is 12.5 Å². The van der Waals surface area contributed by atoms with Gasteiger partial charge in [0.25, 0.3) is 0 Å². The maximum Gasteiger partial charge on any atom is 0.320 e. The van der Waals surface area contributed by atoms with E-state index in [1.54, 1.807) is 6.92 Å². The number of rotatable bonds is 2. The summed E-state index contributed by atoms with van der Waals surface area (Å²) in [6.45, 7) is 2.15. The van der Waals surface area contributed by atoms with Crippen LogP contribution in [0.2, 0.25) is 0 Å². The summed E-state index contributed by atoms with van der Waals surface area (Å²) in [6.07, 6.45) is 0. The van der Waals surface area contributed by atoms with Crippen LogP contribution in [-0.2, 0) is 9.53 Å². The van der Waals surface area contributed by atoms with Gasteiger partial charge in [0.1, 0.15) is 5.88 Å². The predicted octanol–water partition coefficient (Wildman–Crippen LogP) is 0.788. The van der Waals surface area contributed by atoms with Crippen LogP contribution in [0.5, 0.6) is 0 Å². The minimum Gasteiger partial charge on any atom is -0.465 e. The number of hydrogen-bond acceptors (Lipinski definition) is 2. The van der Waals surface area contributed by atoms with Gasteiger partial charge in [0.05, 0.1) is 6.61 Å². The number of carbonyl (C=O) groups excluding carboxylic acids is 1. The van der Waals surface area contributed by atoms with Gasteiger partial charge in [-0.3, -0.25) is 4.79 Å². The number of hydrogen-bond donors (Lipinski definition) is 0. The molecule has 0 aromatic carbocycles. The zero-order valence-corrected chi connectivity index (χ0v) is 4.86. The van der Waals surface area contributed by atoms with Crippen LogP contribution >= 0.6 is 11.6 Å². The average molecular weight is 125 g/mol. The highest BCUT2D eigenvalue weighted by Crippen LogP contribution is 1.79. The third-order valence-electron chi connectivity index (χ3n) is 0.414. The van der Waals surface area contributed by atoms with E-state index < -0.39 is 0 Å². The molecule has 0 aliphatic rings. The molecular formula is C4H7ClO2. The molecule has 0 atom stereocenters. The topological polar surface area (TPSA) is 26.3 Å². The normalized spacial score (nSPS) is 8.29. The van der Waals surface area contributed by atoms with Crippen LogP contribution in [-0.4, -0.2) is 18.5 Å². The molecule has 0 aliphatic carbocycles. The van der Waals surface area contributed by atoms with E-state index in [0.717, 1.165) is 0 Å². The van der Waals surface area contributed by atoms with Crippen LogP contribution in [0.25, 0.3) is 0 Å². The minimum absolute atomic E-state index is 0.0478. The first-order valence-electron chi connectivity index (χ1n) is 2.02. The smallest absolute Gasteiger partial charge is 0.320 e. The van der Waals surface area contributed by atoms with E-state index in [-0.39, 0.29) is 11.8 Å². The van der Waals surface area contributed by atoms with Gasteiger partial charge in [-0.1, -0.05) is 0 Å². The van der Waals surface area contributed by atoms with Crippen molar-refractivity contribution in [3.05, 3.63) is 0 Å². The van der Waals surface area contributed by atoms with Crippen LogP contribution in [0, 0.1) is 0 Å². The quantitative estimate of drug-likeness (QED) is 0.309. The van der Waals surface area contributed by atoms with Crippen LogP contribution in [0.3, 0.4) is 0 Å². The van der Waals surface area contributed by atoms with Crippen molar-refractivity contribution in [1.29, 1.82) is 0 Å². The second-order valence-corrected chi connectivity index (χ2v) is 1.21. The van der Waals surface area contributed by atoms with Crippen LogP contribution < -0.4 is 0 Å². The van der Waals surface area contributed by atoms with Gasteiger partial charge in [-0.15, -0.1) is 11.6 Å². The lowest BCUT2D eigenvalue weighted by Gasteiger charge is -1.92. The van der Waals surface area contributed by atoms with Crippen LogP contribution in [0.1, 0.15) is 6.92 Å². The zero-order valence-electron chi connectivity index (χ0n) is 4.11. The van der Waals surface area contributed by atoms with Gasteiger partial charge < -0.3 is 4.74 Å². The number of alkyl halides is 1. The highest BCUT2D eigenvalue weighted by atomic mass is 35.5. The van der Waals surface area contributed by atoms with Crippen molar-refractivity contribution >= 4 is 17.6 Å². The summed E-state index contributed by atoms with van der Waals surface area (Å²) in [5.74, 6) is -0.405. The second kappa shape index (κ2) is 3.93. The SMILES string of the molecule is CCO[13C](=O)[13CH2]Cl. The van der Waals surface area contributed by atoms with Gasteiger partial charge in [-0.25, -0.2) is 0 Å². The molecule has 0 spiro atoms. The lowest BCUT2D eigenvalue weighted by Crippen LogP contribution is -2.03. The maximum absolute atomic E-state index is 10.1. The van der Waals surface area contributed by atoms with Gasteiger partial charge in [-0.2, -0.15) is 0 Å². The standard InChI is InChI=1S/C4H7ClO2/c1-2-7-4(6)3-5/h2-3H2,1H3/i3+1,4+1. The molecule has 7 heavy (non-hydrogen) atoms. The van der Waals surface area contributed by atoms with Gasteiger partial charge in [0.2, 0.25) is 0 Å². The molecule has 0 amide bonds. The summed E-state index contributed by atoms with van der Waals surface area (Å²) in [7, 11) is 0. The van der Waals surface area contributed by atoms with E-state index in [4.69, 9.17) is 11.6 Å². The van der Waals surface area contributed by atoms with Gasteiger partial charge >= 0.3 is 5.97 Å². The average Bonchev–Trinajstić information content (AvgIpc) is 1.68. The summed E-state index contributed by atoms with van der Waals surface area (Å²) in [4.78, 5) is 10.1. The molecule has 0 aliphatic heterocycles. The Morgan fingerprint density at radius 3 is 2.57 bits per heavy atom. The molecule has 0 bridgehead atoms. The maximum atomic E-state index is 10.1. The molecule has 0 rings (SSSR count). The summed E-state index contributed by atoms with van der Waals surface area (Å²) in [5.41, 5.74) is 0. The monoisotopic (exact) mass is 124 g/mol. The first kappa shape index (κ1) is 6.76. The van der Waals surface area contributed by atoms with E-state index in [2.05, 4.69) is 4.74 Å². The van der Waals surface area contributed by atoms with Crippen LogP contribution in [0.15, 0.2) is 0 Å². The largest absolute Gasteiger partial charge is 0.465 e. The van der Waals surface area contributed by atoms with Gasteiger partial charge in [0.15, 0.2) is 0 Å². The number of esters is 1. The summed E-state index contributed by atoms with van der Waals surface area (Å²) in [5, 5.41) is 0. The van der Waals surface area contributed by atoms with E-state index >= 15 is 0 Å². The van der Waals surface area contributed by atoms with E-state index in [0.29, 0.717) is 6.61 Å². The molecule has 0 saturated carbocycles. The van der Waals surface area contributed by atoms with Crippen LogP contribution in [0.4, 0.5) is 0 Å². The fourth-order valence-electron chi connectivity index (χ4n) is 0.200. The number of carbonyl (C=O) groups is 1. The van der Waals surface area contributed by atoms with Gasteiger partial charge in [0, 0.05) is 0 Å². The fourth-order valence-corrected chi connectivity index (χ4v) is 0.277. The van der Waals surface area contributed by atoms with Crippen molar-refractivity contribution < 1.29 is 9.53 Å². The van der Waals surface area contributed by atoms with Crippen molar-refractivity contribution in [3.63, 3.8) is 0 Å². The Morgan fingerprint density at radius 1 is 1.86 bits per heavy atom. The summed E-state index contributed by atoms with van der Waals surface area (Å²) < 4.78 is 4.42. The van der Waals surface area contributed by atoms with E-state index in [1.807, 2.05) is 0 Å². The number of halogens is 1. The van der Waals surface area contributed by atoms with Crippen molar-refractivity contribution in [1.82, 2.24) is 0 Å². The van der Waals surface area contributed by atoms with E-state index in [1.165, 1.54) is 0 Å². The Labute approximate surface area is 47.4 Å². The molecule has 0 heterocycles. The predicted molar refractivity (Wildman–Crippen MR) is 27.4 cm³/mol. The van der Waals surface area contributed by atoms with Gasteiger partial charge in [-0.05, 0) is 6.92 Å². The molecule has 42 valence electrons. The number of ether oxygens (including phenoxy) is 1. The molecule has 0 radical (unpaired) electrons. The van der Waals surface area contributed by atoms with Crippen molar-refractivity contribution in [2.45, 2.75) is 6.92 Å². The Bertz CT molecular complexity index is 62.7. The molecule has 0 unspecified atom stereocenters. The van der Waals surface area contributed by atoms with E-state index in [9.17, 15) is 4.79 Å². The Balaban J connectivity index is 3.00. The molecule has 2 nitrogen and oxygen atoms in total. The molecule has 0 fully saturated rings. The zero-order chi connectivity index (χ0) is 5.70. The third kappa shape index (κ3) is 3.59. The lowest BCUT2D eigenvalue weighted by molar-refractivity contribution is -0.140. The third-order valence-corrected chi connectivity index (χ3v) is 0.633. The molecule has 0 N–H and O–H groups in total.